The topological polar surface area (TPSA) is 79.0 Å². The summed E-state index contributed by atoms with van der Waals surface area (Å²) in [7, 11) is 0.435. The number of halogens is 1. The molecule has 1 saturated heterocycles. The standard InChI is InChI=1S/C37H50ClN3O4S/c1-5-7-25-18-29(38)12-14-30(25)28-21-41-20-27-10-13-31(27)32(33-16-17-40(4)37(33)43)9-6-8-23(2)24(3)46(44)39-36(42)26-11-15-35(45-22-28)34(41)19-26/h11-12,14-15,18-19,23-24,27-28,31-33H,5-10,13,16-17,20-22H2,1-4H3,(H,39,42). The maximum atomic E-state index is 13.4. The first-order valence-electron chi connectivity index (χ1n) is 17.4. The second-order valence-electron chi connectivity index (χ2n) is 14.4. The van der Waals surface area contributed by atoms with Gasteiger partial charge in [-0.05, 0) is 111 Å². The zero-order valence-corrected chi connectivity index (χ0v) is 29.4. The van der Waals surface area contributed by atoms with E-state index in [0.717, 1.165) is 87.5 Å². The van der Waals surface area contributed by atoms with Gasteiger partial charge < -0.3 is 14.5 Å². The predicted molar refractivity (Wildman–Crippen MR) is 186 cm³/mol. The van der Waals surface area contributed by atoms with E-state index >= 15 is 0 Å². The number of hydrogen-bond donors (Lipinski definition) is 1. The van der Waals surface area contributed by atoms with Crippen LogP contribution in [0.5, 0.6) is 5.75 Å². The van der Waals surface area contributed by atoms with Gasteiger partial charge in [-0.3, -0.25) is 14.3 Å². The highest BCUT2D eigenvalue weighted by atomic mass is 35.5. The lowest BCUT2D eigenvalue weighted by Crippen LogP contribution is -2.45. The van der Waals surface area contributed by atoms with Gasteiger partial charge in [0.25, 0.3) is 5.91 Å². The molecule has 2 aromatic carbocycles. The Hall–Kier alpha value is -2.58. The van der Waals surface area contributed by atoms with Gasteiger partial charge in [-0.2, -0.15) is 0 Å². The molecule has 2 bridgehead atoms. The van der Waals surface area contributed by atoms with E-state index in [1.165, 1.54) is 11.1 Å². The van der Waals surface area contributed by atoms with Gasteiger partial charge in [-0.1, -0.05) is 44.4 Å². The first-order valence-corrected chi connectivity index (χ1v) is 19.0. The number of amides is 2. The summed E-state index contributed by atoms with van der Waals surface area (Å²) in [5.74, 6) is 2.46. The third kappa shape index (κ3) is 6.85. The summed E-state index contributed by atoms with van der Waals surface area (Å²) in [6.45, 7) is 9.28. The molecule has 1 saturated carbocycles. The van der Waals surface area contributed by atoms with Gasteiger partial charge in [0.15, 0.2) is 0 Å². The Bertz CT molecular complexity index is 1470. The molecule has 8 atom stereocenters. The Morgan fingerprint density at radius 3 is 2.54 bits per heavy atom. The van der Waals surface area contributed by atoms with Gasteiger partial charge in [0, 0.05) is 49.1 Å². The van der Waals surface area contributed by atoms with Gasteiger partial charge in [-0.25, -0.2) is 4.21 Å². The number of benzene rings is 2. The van der Waals surface area contributed by atoms with E-state index in [-0.39, 0.29) is 28.9 Å². The summed E-state index contributed by atoms with van der Waals surface area (Å²) in [5, 5.41) is 0.575. The molecule has 1 N–H and O–H groups in total. The summed E-state index contributed by atoms with van der Waals surface area (Å²) >= 11 is 6.45. The average Bonchev–Trinajstić information content (AvgIpc) is 3.24. The van der Waals surface area contributed by atoms with Crippen molar-refractivity contribution in [3.8, 4) is 5.75 Å². The van der Waals surface area contributed by atoms with Gasteiger partial charge >= 0.3 is 0 Å². The van der Waals surface area contributed by atoms with Crippen molar-refractivity contribution in [3.63, 3.8) is 0 Å². The fourth-order valence-electron chi connectivity index (χ4n) is 8.45. The molecule has 4 aliphatic rings. The third-order valence-corrected chi connectivity index (χ3v) is 13.3. The van der Waals surface area contributed by atoms with Crippen molar-refractivity contribution in [2.75, 3.05) is 38.2 Å². The highest BCUT2D eigenvalue weighted by molar-refractivity contribution is 7.84. The van der Waals surface area contributed by atoms with Crippen molar-refractivity contribution in [3.05, 3.63) is 58.1 Å². The summed E-state index contributed by atoms with van der Waals surface area (Å²) in [6.07, 6.45) is 8.16. The molecule has 2 aromatic rings. The lowest BCUT2D eigenvalue weighted by atomic mass is 9.61. The van der Waals surface area contributed by atoms with Crippen LogP contribution in [-0.2, 0) is 22.2 Å². The minimum atomic E-state index is -1.51. The number of carbonyl (C=O) groups is 2. The Labute approximate surface area is 282 Å². The zero-order valence-electron chi connectivity index (χ0n) is 27.8. The molecule has 2 amide bonds. The van der Waals surface area contributed by atoms with E-state index in [2.05, 4.69) is 35.6 Å². The highest BCUT2D eigenvalue weighted by Gasteiger charge is 2.46. The monoisotopic (exact) mass is 667 g/mol. The number of rotatable bonds is 4. The number of anilines is 1. The maximum Gasteiger partial charge on any atom is 0.263 e. The van der Waals surface area contributed by atoms with Crippen LogP contribution >= 0.6 is 11.6 Å². The number of aryl methyl sites for hydroxylation is 1. The molecular weight excluding hydrogens is 618 g/mol. The van der Waals surface area contributed by atoms with Crippen LogP contribution < -0.4 is 14.4 Å². The smallest absolute Gasteiger partial charge is 0.263 e. The van der Waals surface area contributed by atoms with Crippen molar-refractivity contribution in [1.82, 2.24) is 9.62 Å². The van der Waals surface area contributed by atoms with Crippen LogP contribution in [-0.4, -0.2) is 59.5 Å². The quantitative estimate of drug-likeness (QED) is 0.380. The lowest BCUT2D eigenvalue weighted by Gasteiger charge is -2.46. The lowest BCUT2D eigenvalue weighted by molar-refractivity contribution is -0.133. The first kappa shape index (κ1) is 33.3. The van der Waals surface area contributed by atoms with E-state index < -0.39 is 11.0 Å². The molecule has 9 heteroatoms. The largest absolute Gasteiger partial charge is 0.491 e. The van der Waals surface area contributed by atoms with E-state index in [4.69, 9.17) is 16.3 Å². The van der Waals surface area contributed by atoms with Crippen LogP contribution in [0.2, 0.25) is 5.02 Å². The summed E-state index contributed by atoms with van der Waals surface area (Å²) in [4.78, 5) is 31.2. The molecule has 0 radical (unpaired) electrons. The van der Waals surface area contributed by atoms with Crippen LogP contribution in [0.15, 0.2) is 36.4 Å². The van der Waals surface area contributed by atoms with Crippen molar-refractivity contribution in [1.29, 1.82) is 0 Å². The van der Waals surface area contributed by atoms with Gasteiger partial charge in [0.2, 0.25) is 5.91 Å². The normalized spacial score (nSPS) is 32.2. The van der Waals surface area contributed by atoms with Crippen molar-refractivity contribution >= 4 is 40.1 Å². The van der Waals surface area contributed by atoms with E-state index in [0.29, 0.717) is 35.8 Å². The highest BCUT2D eigenvalue weighted by Crippen LogP contribution is 2.49. The van der Waals surface area contributed by atoms with Crippen LogP contribution in [0.3, 0.4) is 0 Å². The van der Waals surface area contributed by atoms with Gasteiger partial charge in [0.05, 0.1) is 17.5 Å². The molecule has 46 heavy (non-hydrogen) atoms. The van der Waals surface area contributed by atoms with Gasteiger partial charge in [0.1, 0.15) is 16.7 Å². The molecule has 6 rings (SSSR count). The van der Waals surface area contributed by atoms with Crippen molar-refractivity contribution < 1.29 is 18.5 Å². The Balaban J connectivity index is 1.38. The van der Waals surface area contributed by atoms with Crippen LogP contribution in [0, 0.1) is 29.6 Å². The molecule has 250 valence electrons. The molecule has 1 aliphatic carbocycles. The Kier molecular flexibility index (Phi) is 10.3. The second-order valence-corrected chi connectivity index (χ2v) is 16.3. The average molecular weight is 668 g/mol. The molecule has 7 nitrogen and oxygen atoms in total. The maximum absolute atomic E-state index is 13.4. The summed E-state index contributed by atoms with van der Waals surface area (Å²) in [6, 6.07) is 11.9. The summed E-state index contributed by atoms with van der Waals surface area (Å²) in [5.41, 5.74) is 3.94. The molecule has 3 heterocycles. The second kappa shape index (κ2) is 14.3. The number of nitrogens with zero attached hydrogens (tertiary/aromatic N) is 2. The van der Waals surface area contributed by atoms with Crippen molar-refractivity contribution in [2.45, 2.75) is 83.3 Å². The number of likely N-dealkylation sites (tertiary alicyclic amines) is 1. The Morgan fingerprint density at radius 1 is 1.00 bits per heavy atom. The van der Waals surface area contributed by atoms with Crippen LogP contribution in [0.25, 0.3) is 0 Å². The van der Waals surface area contributed by atoms with E-state index in [1.807, 2.05) is 37.1 Å². The van der Waals surface area contributed by atoms with E-state index in [9.17, 15) is 13.8 Å². The molecule has 3 aliphatic heterocycles. The fourth-order valence-corrected chi connectivity index (χ4v) is 9.69. The van der Waals surface area contributed by atoms with E-state index in [1.54, 1.807) is 6.07 Å². The molecule has 0 aromatic heterocycles. The first-order chi connectivity index (χ1) is 22.1. The van der Waals surface area contributed by atoms with Crippen LogP contribution in [0.1, 0.15) is 93.1 Å². The number of nitrogens with one attached hydrogen (secondary N) is 1. The number of ether oxygens (including phenoxy) is 1. The Morgan fingerprint density at radius 2 is 1.83 bits per heavy atom. The number of hydrogen-bond acceptors (Lipinski definition) is 5. The number of carbonyl (C=O) groups excluding carboxylic acids is 2. The molecule has 8 unspecified atom stereocenters. The minimum Gasteiger partial charge on any atom is -0.491 e. The zero-order chi connectivity index (χ0) is 32.5. The SMILES string of the molecule is CCCc1cc(Cl)ccc1C1COc2ccc3cc2N(C1)CC1CCC1C(C1CCN(C)C1=O)CCCC(C)C(C)S(=O)NC3=O. The molecule has 2 fully saturated rings. The fraction of sp³-hybridized carbons (Fsp3) is 0.622. The minimum absolute atomic E-state index is 0.0857. The van der Waals surface area contributed by atoms with Crippen molar-refractivity contribution in [2.24, 2.45) is 29.6 Å². The predicted octanol–water partition coefficient (Wildman–Crippen LogP) is 7.00. The third-order valence-electron chi connectivity index (χ3n) is 11.5. The van der Waals surface area contributed by atoms with Gasteiger partial charge in [-0.15, -0.1) is 0 Å². The molecule has 0 spiro atoms. The number of fused-ring (bicyclic) bond motifs is 2. The molecular formula is C37H50ClN3O4S. The summed E-state index contributed by atoms with van der Waals surface area (Å²) < 4.78 is 22.7. The van der Waals surface area contributed by atoms with Crippen LogP contribution in [0.4, 0.5) is 5.69 Å².